The molecule has 1 aromatic heterocycles. The number of benzene rings is 1. The first kappa shape index (κ1) is 12.7. The molecule has 0 saturated carbocycles. The van der Waals surface area contributed by atoms with Crippen molar-refractivity contribution in [1.29, 1.82) is 0 Å². The highest BCUT2D eigenvalue weighted by atomic mass is 19.4. The number of halogens is 3. The van der Waals surface area contributed by atoms with E-state index in [1.807, 2.05) is 0 Å². The fraction of sp³-hybridized carbons (Fsp3) is 0.364. The van der Waals surface area contributed by atoms with Gasteiger partial charge in [-0.3, -0.25) is 0 Å². The van der Waals surface area contributed by atoms with Gasteiger partial charge in [-0.2, -0.15) is 18.2 Å². The van der Waals surface area contributed by atoms with Gasteiger partial charge in [0.1, 0.15) is 12.1 Å². The molecule has 0 aliphatic heterocycles. The molecule has 2 aromatic rings. The quantitative estimate of drug-likeness (QED) is 0.915. The summed E-state index contributed by atoms with van der Waals surface area (Å²) in [4.78, 5) is 4.83. The van der Waals surface area contributed by atoms with E-state index in [1.54, 1.807) is 24.3 Å². The molecule has 0 aliphatic carbocycles. The first-order valence-corrected chi connectivity index (χ1v) is 5.28. The van der Waals surface area contributed by atoms with Crippen LogP contribution in [0.2, 0.25) is 0 Å². The minimum atomic E-state index is -4.38. The number of anilines is 1. The highest BCUT2D eigenvalue weighted by Crippen LogP contribution is 2.25. The maximum absolute atomic E-state index is 12.4. The van der Waals surface area contributed by atoms with Crippen LogP contribution in [0.1, 0.15) is 0 Å². The molecule has 0 spiro atoms. The Morgan fingerprint density at radius 3 is 2.61 bits per heavy atom. The smallest absolute Gasteiger partial charge is 0.406 e. The lowest BCUT2D eigenvalue weighted by molar-refractivity contribution is -0.120. The van der Waals surface area contributed by atoms with E-state index >= 15 is 0 Å². The maximum atomic E-state index is 12.4. The molecule has 7 heteroatoms. The summed E-state index contributed by atoms with van der Waals surface area (Å²) in [5.74, 6) is 0. The predicted molar refractivity (Wildman–Crippen MR) is 59.4 cm³/mol. The molecule has 98 valence electrons. The average molecular weight is 260 g/mol. The van der Waals surface area contributed by atoms with Crippen molar-refractivity contribution >= 4 is 17.1 Å². The second-order valence-corrected chi connectivity index (χ2v) is 3.72. The Hall–Kier alpha value is -1.76. The normalized spacial score (nSPS) is 12.0. The molecule has 0 bridgehead atoms. The Bertz CT molecular complexity index is 491. The van der Waals surface area contributed by atoms with E-state index in [4.69, 9.17) is 9.52 Å². The number of fused-ring (bicyclic) bond motifs is 1. The molecular formula is C11H11F3N2O2. The van der Waals surface area contributed by atoms with E-state index in [1.165, 1.54) is 0 Å². The van der Waals surface area contributed by atoms with E-state index in [0.717, 1.165) is 4.90 Å². The number of oxazole rings is 1. The Balaban J connectivity index is 2.29. The molecule has 1 aromatic carbocycles. The zero-order valence-electron chi connectivity index (χ0n) is 9.31. The van der Waals surface area contributed by atoms with E-state index < -0.39 is 19.3 Å². The van der Waals surface area contributed by atoms with E-state index in [0.29, 0.717) is 11.1 Å². The molecule has 4 nitrogen and oxygen atoms in total. The summed E-state index contributed by atoms with van der Waals surface area (Å²) in [6.07, 6.45) is -4.38. The van der Waals surface area contributed by atoms with Crippen LogP contribution in [0.5, 0.6) is 0 Å². The Labute approximate surface area is 101 Å². The fourth-order valence-electron chi connectivity index (χ4n) is 1.57. The number of hydrogen-bond acceptors (Lipinski definition) is 4. The zero-order chi connectivity index (χ0) is 13.2. The van der Waals surface area contributed by atoms with Crippen LogP contribution in [-0.4, -0.2) is 36.0 Å². The third-order valence-corrected chi connectivity index (χ3v) is 2.29. The molecule has 0 amide bonds. The van der Waals surface area contributed by atoms with Crippen molar-refractivity contribution in [3.05, 3.63) is 24.3 Å². The van der Waals surface area contributed by atoms with Gasteiger partial charge in [0, 0.05) is 6.54 Å². The fourth-order valence-corrected chi connectivity index (χ4v) is 1.57. The Kier molecular flexibility index (Phi) is 3.42. The van der Waals surface area contributed by atoms with Gasteiger partial charge in [0.15, 0.2) is 5.58 Å². The molecule has 0 unspecified atom stereocenters. The van der Waals surface area contributed by atoms with E-state index in [-0.39, 0.29) is 12.6 Å². The minimum Gasteiger partial charge on any atom is -0.423 e. The van der Waals surface area contributed by atoms with Gasteiger partial charge in [-0.15, -0.1) is 0 Å². The summed E-state index contributed by atoms with van der Waals surface area (Å²) >= 11 is 0. The summed E-state index contributed by atoms with van der Waals surface area (Å²) in [5.41, 5.74) is 0.898. The zero-order valence-corrected chi connectivity index (χ0v) is 9.31. The van der Waals surface area contributed by atoms with Crippen molar-refractivity contribution < 1.29 is 22.7 Å². The number of rotatable bonds is 4. The lowest BCUT2D eigenvalue weighted by atomic mass is 10.3. The van der Waals surface area contributed by atoms with Crippen LogP contribution < -0.4 is 4.90 Å². The SMILES string of the molecule is OCCN(CC(F)(F)F)c1nc2ccccc2o1. The summed E-state index contributed by atoms with van der Waals surface area (Å²) < 4.78 is 42.4. The van der Waals surface area contributed by atoms with Gasteiger partial charge >= 0.3 is 6.18 Å². The highest BCUT2D eigenvalue weighted by Gasteiger charge is 2.32. The molecular weight excluding hydrogens is 249 g/mol. The highest BCUT2D eigenvalue weighted by molar-refractivity contribution is 5.74. The lowest BCUT2D eigenvalue weighted by Gasteiger charge is -2.20. The van der Waals surface area contributed by atoms with Crippen molar-refractivity contribution in [2.24, 2.45) is 0 Å². The second-order valence-electron chi connectivity index (χ2n) is 3.72. The second kappa shape index (κ2) is 4.85. The summed E-state index contributed by atoms with van der Waals surface area (Å²) in [5, 5.41) is 8.79. The summed E-state index contributed by atoms with van der Waals surface area (Å²) in [7, 11) is 0. The molecule has 0 saturated heterocycles. The van der Waals surface area contributed by atoms with Gasteiger partial charge in [0.2, 0.25) is 0 Å². The number of aromatic nitrogens is 1. The topological polar surface area (TPSA) is 49.5 Å². The Morgan fingerprint density at radius 2 is 2.00 bits per heavy atom. The molecule has 0 aliphatic rings. The van der Waals surface area contributed by atoms with Crippen LogP contribution >= 0.6 is 0 Å². The van der Waals surface area contributed by atoms with Gasteiger partial charge in [0.05, 0.1) is 6.61 Å². The van der Waals surface area contributed by atoms with Crippen molar-refractivity contribution in [3.8, 4) is 0 Å². The van der Waals surface area contributed by atoms with Crippen molar-refractivity contribution in [2.75, 3.05) is 24.6 Å². The van der Waals surface area contributed by atoms with Gasteiger partial charge < -0.3 is 14.4 Å². The minimum absolute atomic E-state index is 0.137. The lowest BCUT2D eigenvalue weighted by Crippen LogP contribution is -2.36. The molecule has 1 N–H and O–H groups in total. The molecule has 0 fully saturated rings. The first-order chi connectivity index (χ1) is 8.49. The van der Waals surface area contributed by atoms with Crippen molar-refractivity contribution in [3.63, 3.8) is 0 Å². The molecule has 2 rings (SSSR count). The van der Waals surface area contributed by atoms with E-state index in [9.17, 15) is 13.2 Å². The van der Waals surface area contributed by atoms with Crippen molar-refractivity contribution in [1.82, 2.24) is 4.98 Å². The van der Waals surface area contributed by atoms with Crippen molar-refractivity contribution in [2.45, 2.75) is 6.18 Å². The van der Waals surface area contributed by atoms with E-state index in [2.05, 4.69) is 4.98 Å². The third kappa shape index (κ3) is 2.92. The number of aliphatic hydroxyl groups excluding tert-OH is 1. The first-order valence-electron chi connectivity index (χ1n) is 5.28. The number of aliphatic hydroxyl groups is 1. The molecule has 0 radical (unpaired) electrons. The molecule has 1 heterocycles. The van der Waals surface area contributed by atoms with Gasteiger partial charge in [-0.1, -0.05) is 12.1 Å². The van der Waals surface area contributed by atoms with Crippen LogP contribution in [0.3, 0.4) is 0 Å². The van der Waals surface area contributed by atoms with Crippen LogP contribution in [0.25, 0.3) is 11.1 Å². The number of nitrogens with zero attached hydrogens (tertiary/aromatic N) is 2. The third-order valence-electron chi connectivity index (χ3n) is 2.29. The summed E-state index contributed by atoms with van der Waals surface area (Å²) in [6, 6.07) is 6.55. The molecule has 0 atom stereocenters. The van der Waals surface area contributed by atoms with Gasteiger partial charge in [0.25, 0.3) is 6.01 Å². The predicted octanol–water partition coefficient (Wildman–Crippen LogP) is 2.19. The van der Waals surface area contributed by atoms with Crippen LogP contribution in [0.4, 0.5) is 19.2 Å². The number of para-hydroxylation sites is 2. The van der Waals surface area contributed by atoms with Gasteiger partial charge in [-0.25, -0.2) is 0 Å². The maximum Gasteiger partial charge on any atom is 0.406 e. The number of hydrogen-bond donors (Lipinski definition) is 1. The van der Waals surface area contributed by atoms with Crippen LogP contribution in [0, 0.1) is 0 Å². The number of alkyl halides is 3. The summed E-state index contributed by atoms with van der Waals surface area (Å²) in [6.45, 7) is -1.80. The van der Waals surface area contributed by atoms with Crippen LogP contribution in [-0.2, 0) is 0 Å². The largest absolute Gasteiger partial charge is 0.423 e. The van der Waals surface area contributed by atoms with Crippen LogP contribution in [0.15, 0.2) is 28.7 Å². The standard InChI is InChI=1S/C11H11F3N2O2/c12-11(13,14)7-16(5-6-17)10-15-8-3-1-2-4-9(8)18-10/h1-4,17H,5-7H2. The Morgan fingerprint density at radius 1 is 1.28 bits per heavy atom. The average Bonchev–Trinajstić information content (AvgIpc) is 2.70. The molecule has 18 heavy (non-hydrogen) atoms. The van der Waals surface area contributed by atoms with Gasteiger partial charge in [-0.05, 0) is 12.1 Å². The monoisotopic (exact) mass is 260 g/mol.